The number of nitrogens with zero attached hydrogens (tertiary/aromatic N) is 3. The number of amides is 1. The molecule has 148 valence electrons. The first-order valence-electron chi connectivity index (χ1n) is 9.56. The summed E-state index contributed by atoms with van der Waals surface area (Å²) in [5, 5.41) is 7.17. The highest BCUT2D eigenvalue weighted by molar-refractivity contribution is 7.20. The van der Waals surface area contributed by atoms with Gasteiger partial charge in [0, 0.05) is 48.0 Å². The number of imidazole rings is 1. The van der Waals surface area contributed by atoms with Crippen LogP contribution < -0.4 is 10.6 Å². The summed E-state index contributed by atoms with van der Waals surface area (Å²) in [4.78, 5) is 23.0. The molecule has 6 nitrogen and oxygen atoms in total. The van der Waals surface area contributed by atoms with Crippen molar-refractivity contribution in [2.24, 2.45) is 0 Å². The van der Waals surface area contributed by atoms with Gasteiger partial charge >= 0.3 is 0 Å². The molecule has 29 heavy (non-hydrogen) atoms. The van der Waals surface area contributed by atoms with Crippen LogP contribution in [0.15, 0.2) is 36.7 Å². The molecule has 0 radical (unpaired) electrons. The number of aryl methyl sites for hydroxylation is 1. The Balaban J connectivity index is 1.40. The molecule has 0 aliphatic carbocycles. The fourth-order valence-corrected chi connectivity index (χ4v) is 4.81. The van der Waals surface area contributed by atoms with Crippen molar-refractivity contribution in [3.8, 4) is 0 Å². The summed E-state index contributed by atoms with van der Waals surface area (Å²) in [6.45, 7) is 4.91. The number of aromatic nitrogens is 3. The molecule has 1 aliphatic heterocycles. The maximum Gasteiger partial charge on any atom is 0.265 e. The van der Waals surface area contributed by atoms with Gasteiger partial charge in [-0.3, -0.25) is 4.79 Å². The molecule has 1 aliphatic rings. The molecular formula is C21H20FN5OS. The fourth-order valence-electron chi connectivity index (χ4n) is 3.87. The zero-order chi connectivity index (χ0) is 20.1. The molecule has 0 aromatic carbocycles. The van der Waals surface area contributed by atoms with E-state index in [2.05, 4.69) is 22.5 Å². The van der Waals surface area contributed by atoms with Crippen molar-refractivity contribution in [1.82, 2.24) is 19.7 Å². The van der Waals surface area contributed by atoms with Crippen LogP contribution >= 0.6 is 11.3 Å². The Morgan fingerprint density at radius 1 is 1.31 bits per heavy atom. The van der Waals surface area contributed by atoms with Crippen LogP contribution in [0.3, 0.4) is 0 Å². The summed E-state index contributed by atoms with van der Waals surface area (Å²) in [6, 6.07) is 7.69. The first-order chi connectivity index (χ1) is 14.0. The number of carbonyl (C=O) groups is 1. The number of nitrogens with one attached hydrogen (secondary N) is 2. The van der Waals surface area contributed by atoms with E-state index in [-0.39, 0.29) is 11.6 Å². The van der Waals surface area contributed by atoms with Gasteiger partial charge in [0.05, 0.1) is 16.3 Å². The van der Waals surface area contributed by atoms with Gasteiger partial charge in [-0.2, -0.15) is 0 Å². The summed E-state index contributed by atoms with van der Waals surface area (Å²) in [5.74, 6) is -0.346. The number of hydrogen-bond donors (Lipinski definition) is 2. The SMILES string of the molecule is Cc1cn2cc(NC(=O)c3cc4ccc(C5CNC(C)C5)nc4s3)cc(F)c2n1. The number of rotatable bonds is 3. The Morgan fingerprint density at radius 2 is 2.17 bits per heavy atom. The van der Waals surface area contributed by atoms with Crippen molar-refractivity contribution in [3.05, 3.63) is 58.7 Å². The van der Waals surface area contributed by atoms with E-state index >= 15 is 0 Å². The highest BCUT2D eigenvalue weighted by Gasteiger charge is 2.24. The van der Waals surface area contributed by atoms with Crippen LogP contribution in [0, 0.1) is 12.7 Å². The first-order valence-corrected chi connectivity index (χ1v) is 10.4. The molecule has 0 saturated carbocycles. The summed E-state index contributed by atoms with van der Waals surface area (Å²) in [7, 11) is 0. The molecule has 2 atom stereocenters. The van der Waals surface area contributed by atoms with E-state index in [1.165, 1.54) is 17.4 Å². The van der Waals surface area contributed by atoms with E-state index in [1.54, 1.807) is 23.7 Å². The molecule has 4 aromatic heterocycles. The molecule has 5 heterocycles. The lowest BCUT2D eigenvalue weighted by Crippen LogP contribution is -2.16. The van der Waals surface area contributed by atoms with Crippen molar-refractivity contribution >= 4 is 38.8 Å². The Labute approximate surface area is 170 Å². The van der Waals surface area contributed by atoms with Gasteiger partial charge in [0.1, 0.15) is 4.83 Å². The van der Waals surface area contributed by atoms with Crippen LogP contribution in [0.2, 0.25) is 0 Å². The van der Waals surface area contributed by atoms with Crippen LogP contribution in [0.4, 0.5) is 10.1 Å². The molecule has 5 rings (SSSR count). The van der Waals surface area contributed by atoms with E-state index in [1.807, 2.05) is 18.2 Å². The van der Waals surface area contributed by atoms with Crippen molar-refractivity contribution < 1.29 is 9.18 Å². The number of hydrogen-bond acceptors (Lipinski definition) is 5. The average Bonchev–Trinajstić information content (AvgIpc) is 3.38. The van der Waals surface area contributed by atoms with Gasteiger partial charge in [-0.05, 0) is 32.4 Å². The van der Waals surface area contributed by atoms with Gasteiger partial charge < -0.3 is 15.0 Å². The second-order valence-electron chi connectivity index (χ2n) is 7.63. The molecule has 0 bridgehead atoms. The molecule has 2 unspecified atom stereocenters. The number of fused-ring (bicyclic) bond motifs is 2. The van der Waals surface area contributed by atoms with E-state index in [4.69, 9.17) is 4.98 Å². The average molecular weight is 409 g/mol. The minimum Gasteiger partial charge on any atom is -0.320 e. The largest absolute Gasteiger partial charge is 0.320 e. The van der Waals surface area contributed by atoms with E-state index < -0.39 is 5.82 Å². The van der Waals surface area contributed by atoms with Crippen molar-refractivity contribution in [2.75, 3.05) is 11.9 Å². The van der Waals surface area contributed by atoms with Gasteiger partial charge in [0.15, 0.2) is 11.5 Å². The third kappa shape index (κ3) is 3.38. The van der Waals surface area contributed by atoms with Crippen LogP contribution in [0.5, 0.6) is 0 Å². The van der Waals surface area contributed by atoms with Crippen molar-refractivity contribution in [3.63, 3.8) is 0 Å². The lowest BCUT2D eigenvalue weighted by molar-refractivity contribution is 0.103. The summed E-state index contributed by atoms with van der Waals surface area (Å²) in [6.07, 6.45) is 4.45. The second kappa shape index (κ2) is 6.89. The van der Waals surface area contributed by atoms with E-state index in [0.29, 0.717) is 28.2 Å². The molecule has 0 spiro atoms. The predicted molar refractivity (Wildman–Crippen MR) is 112 cm³/mol. The molecular weight excluding hydrogens is 389 g/mol. The highest BCUT2D eigenvalue weighted by atomic mass is 32.1. The normalized spacial score (nSPS) is 19.3. The van der Waals surface area contributed by atoms with Crippen LogP contribution in [0.25, 0.3) is 15.9 Å². The topological polar surface area (TPSA) is 71.3 Å². The fraction of sp³-hybridized carbons (Fsp3) is 0.286. The zero-order valence-corrected chi connectivity index (χ0v) is 16.9. The smallest absolute Gasteiger partial charge is 0.265 e. The van der Waals surface area contributed by atoms with Gasteiger partial charge in [0.25, 0.3) is 5.91 Å². The molecule has 1 fully saturated rings. The Morgan fingerprint density at radius 3 is 2.97 bits per heavy atom. The monoisotopic (exact) mass is 409 g/mol. The van der Waals surface area contributed by atoms with Gasteiger partial charge in [-0.1, -0.05) is 6.07 Å². The Kier molecular flexibility index (Phi) is 4.33. The maximum absolute atomic E-state index is 14.3. The van der Waals surface area contributed by atoms with Gasteiger partial charge in [-0.25, -0.2) is 14.4 Å². The van der Waals surface area contributed by atoms with Crippen molar-refractivity contribution in [2.45, 2.75) is 32.2 Å². The van der Waals surface area contributed by atoms with Crippen LogP contribution in [0.1, 0.15) is 40.3 Å². The third-order valence-corrected chi connectivity index (χ3v) is 6.33. The van der Waals surface area contributed by atoms with Crippen molar-refractivity contribution in [1.29, 1.82) is 0 Å². The summed E-state index contributed by atoms with van der Waals surface area (Å²) < 4.78 is 15.8. The molecule has 8 heteroatoms. The standard InChI is InChI=1S/C21H20FN5OS/c1-11-5-14(8-23-11)17-4-3-13-6-18(29-21(13)26-17)20(28)25-15-7-16(22)19-24-12(2)9-27(19)10-15/h3-4,6-7,9-11,14,23H,5,8H2,1-2H3,(H,25,28). The molecule has 4 aromatic rings. The number of thiophene rings is 1. The number of pyridine rings is 2. The van der Waals surface area contributed by atoms with Crippen LogP contribution in [-0.2, 0) is 0 Å². The van der Waals surface area contributed by atoms with Crippen LogP contribution in [-0.4, -0.2) is 32.9 Å². The number of anilines is 1. The minimum absolute atomic E-state index is 0.245. The lowest BCUT2D eigenvalue weighted by atomic mass is 10.0. The summed E-state index contributed by atoms with van der Waals surface area (Å²) in [5.41, 5.74) is 2.40. The first kappa shape index (κ1) is 18.2. The Bertz CT molecular complexity index is 1250. The molecule has 2 N–H and O–H groups in total. The Hall–Kier alpha value is -2.84. The highest BCUT2D eigenvalue weighted by Crippen LogP contribution is 2.30. The van der Waals surface area contributed by atoms with Gasteiger partial charge in [-0.15, -0.1) is 11.3 Å². The quantitative estimate of drug-likeness (QED) is 0.534. The number of carbonyl (C=O) groups excluding carboxylic acids is 1. The second-order valence-corrected chi connectivity index (χ2v) is 8.66. The minimum atomic E-state index is -0.474. The van der Waals surface area contributed by atoms with E-state index in [0.717, 1.165) is 28.9 Å². The summed E-state index contributed by atoms with van der Waals surface area (Å²) >= 11 is 1.35. The van der Waals surface area contributed by atoms with Gasteiger partial charge in [0.2, 0.25) is 0 Å². The predicted octanol–water partition coefficient (Wildman–Crippen LogP) is 4.11. The molecule has 1 amide bonds. The maximum atomic E-state index is 14.3. The van der Waals surface area contributed by atoms with E-state index in [9.17, 15) is 9.18 Å². The lowest BCUT2D eigenvalue weighted by Gasteiger charge is -2.07. The zero-order valence-electron chi connectivity index (χ0n) is 16.1. The third-order valence-electron chi connectivity index (χ3n) is 5.28. The molecule has 1 saturated heterocycles. The number of halogens is 1.